The molecule has 4 nitrogen and oxygen atoms in total. The monoisotopic (exact) mass is 376 g/mol. The van der Waals surface area contributed by atoms with Gasteiger partial charge in [0.2, 0.25) is 0 Å². The molecule has 2 aromatic carbocycles. The third kappa shape index (κ3) is 3.46. The van der Waals surface area contributed by atoms with Gasteiger partial charge in [0.1, 0.15) is 17.0 Å². The molecule has 1 N–H and O–H groups in total. The molecule has 7 heteroatoms. The fraction of sp³-hybridized carbons (Fsp3) is 0.158. The van der Waals surface area contributed by atoms with Gasteiger partial charge in [-0.05, 0) is 37.6 Å². The predicted molar refractivity (Wildman–Crippen MR) is 93.9 cm³/mol. The summed E-state index contributed by atoms with van der Waals surface area (Å²) >= 11 is 6.19. The Balaban J connectivity index is 1.90. The van der Waals surface area contributed by atoms with Crippen molar-refractivity contribution in [1.82, 2.24) is 10.5 Å². The molecule has 3 rings (SSSR count). The summed E-state index contributed by atoms with van der Waals surface area (Å²) in [6.45, 7) is 3.28. The maximum atomic E-state index is 13.4. The summed E-state index contributed by atoms with van der Waals surface area (Å²) in [6, 6.07) is 9.90. The zero-order valence-corrected chi connectivity index (χ0v) is 14.8. The normalized spacial score (nSPS) is 12.0. The molecular formula is C19H15ClF2N2O2. The van der Waals surface area contributed by atoms with Crippen molar-refractivity contribution >= 4 is 17.5 Å². The van der Waals surface area contributed by atoms with Crippen molar-refractivity contribution in [2.24, 2.45) is 0 Å². The summed E-state index contributed by atoms with van der Waals surface area (Å²) < 4.78 is 31.7. The summed E-state index contributed by atoms with van der Waals surface area (Å²) in [5, 5.41) is 7.12. The van der Waals surface area contributed by atoms with E-state index < -0.39 is 23.6 Å². The van der Waals surface area contributed by atoms with E-state index in [9.17, 15) is 13.6 Å². The van der Waals surface area contributed by atoms with E-state index in [0.29, 0.717) is 27.6 Å². The number of nitrogens with one attached hydrogen (secondary N) is 1. The highest BCUT2D eigenvalue weighted by Crippen LogP contribution is 2.31. The maximum absolute atomic E-state index is 13.4. The van der Waals surface area contributed by atoms with Gasteiger partial charge in [-0.15, -0.1) is 0 Å². The summed E-state index contributed by atoms with van der Waals surface area (Å²) in [6.07, 6.45) is 0. The van der Waals surface area contributed by atoms with Crippen LogP contribution >= 0.6 is 11.6 Å². The lowest BCUT2D eigenvalue weighted by Gasteiger charge is -2.15. The Morgan fingerprint density at radius 1 is 1.19 bits per heavy atom. The van der Waals surface area contributed by atoms with Crippen molar-refractivity contribution < 1.29 is 18.1 Å². The van der Waals surface area contributed by atoms with Crippen LogP contribution in [0.15, 0.2) is 47.0 Å². The molecule has 0 saturated carbocycles. The largest absolute Gasteiger partial charge is 0.360 e. The average Bonchev–Trinajstić information content (AvgIpc) is 2.99. The summed E-state index contributed by atoms with van der Waals surface area (Å²) in [5.74, 6) is -2.03. The Kier molecular flexibility index (Phi) is 5.04. The van der Waals surface area contributed by atoms with E-state index >= 15 is 0 Å². The van der Waals surface area contributed by atoms with Gasteiger partial charge in [-0.3, -0.25) is 4.79 Å². The minimum atomic E-state index is -0.971. The molecule has 1 heterocycles. The van der Waals surface area contributed by atoms with E-state index in [2.05, 4.69) is 10.5 Å². The molecule has 134 valence electrons. The second-order valence-electron chi connectivity index (χ2n) is 5.81. The van der Waals surface area contributed by atoms with E-state index in [1.54, 1.807) is 38.1 Å². The van der Waals surface area contributed by atoms with Crippen LogP contribution in [0.1, 0.15) is 34.6 Å². The van der Waals surface area contributed by atoms with E-state index in [1.807, 2.05) is 0 Å². The Labute approximate surface area is 153 Å². The number of carbonyl (C=O) groups is 1. The van der Waals surface area contributed by atoms with Crippen LogP contribution in [0.4, 0.5) is 8.78 Å². The van der Waals surface area contributed by atoms with Crippen molar-refractivity contribution in [1.29, 1.82) is 0 Å². The molecule has 0 aliphatic carbocycles. The summed E-state index contributed by atoms with van der Waals surface area (Å²) in [7, 11) is 0. The molecule has 0 bridgehead atoms. The Hall–Kier alpha value is -2.73. The number of aromatic nitrogens is 1. The lowest BCUT2D eigenvalue weighted by atomic mass is 10.0. The number of aryl methyl sites for hydroxylation is 1. The van der Waals surface area contributed by atoms with Crippen LogP contribution in [0.25, 0.3) is 11.3 Å². The van der Waals surface area contributed by atoms with Gasteiger partial charge in [-0.25, -0.2) is 8.78 Å². The molecule has 1 amide bonds. The van der Waals surface area contributed by atoms with Gasteiger partial charge < -0.3 is 9.84 Å². The Bertz CT molecular complexity index is 972. The smallest absolute Gasteiger partial charge is 0.257 e. The highest BCUT2D eigenvalue weighted by Gasteiger charge is 2.24. The molecule has 1 unspecified atom stereocenters. The lowest BCUT2D eigenvalue weighted by Crippen LogP contribution is -2.27. The Morgan fingerprint density at radius 3 is 2.62 bits per heavy atom. The number of hydrogen-bond acceptors (Lipinski definition) is 3. The highest BCUT2D eigenvalue weighted by atomic mass is 35.5. The summed E-state index contributed by atoms with van der Waals surface area (Å²) in [4.78, 5) is 12.7. The molecule has 26 heavy (non-hydrogen) atoms. The number of carbonyl (C=O) groups excluding carboxylic acids is 1. The summed E-state index contributed by atoms with van der Waals surface area (Å²) in [5.41, 5.74) is 1.57. The van der Waals surface area contributed by atoms with Gasteiger partial charge in [0, 0.05) is 5.56 Å². The zero-order valence-electron chi connectivity index (χ0n) is 14.0. The third-order valence-corrected chi connectivity index (χ3v) is 4.34. The zero-order chi connectivity index (χ0) is 18.8. The van der Waals surface area contributed by atoms with Crippen molar-refractivity contribution in [3.63, 3.8) is 0 Å². The maximum Gasteiger partial charge on any atom is 0.257 e. The average molecular weight is 377 g/mol. The number of benzene rings is 2. The molecule has 3 aromatic rings. The second kappa shape index (κ2) is 7.25. The van der Waals surface area contributed by atoms with Gasteiger partial charge >= 0.3 is 0 Å². The van der Waals surface area contributed by atoms with Crippen LogP contribution in [0.2, 0.25) is 5.02 Å². The first-order valence-corrected chi connectivity index (χ1v) is 8.23. The topological polar surface area (TPSA) is 55.1 Å². The molecule has 0 spiro atoms. The van der Waals surface area contributed by atoms with Crippen LogP contribution in [-0.2, 0) is 0 Å². The van der Waals surface area contributed by atoms with E-state index in [-0.39, 0.29) is 5.56 Å². The van der Waals surface area contributed by atoms with E-state index in [1.165, 1.54) is 6.07 Å². The minimum absolute atomic E-state index is 0.243. The SMILES string of the molecule is Cc1onc(-c2ccccc2Cl)c1C(=O)NC(C)c1ccc(F)c(F)c1. The van der Waals surface area contributed by atoms with Gasteiger partial charge in [-0.1, -0.05) is 41.0 Å². The van der Waals surface area contributed by atoms with Gasteiger partial charge in [0.05, 0.1) is 11.1 Å². The highest BCUT2D eigenvalue weighted by molar-refractivity contribution is 6.33. The van der Waals surface area contributed by atoms with Crippen molar-refractivity contribution in [3.05, 3.63) is 76.0 Å². The number of amides is 1. The molecule has 0 aliphatic heterocycles. The molecule has 0 saturated heterocycles. The number of halogens is 3. The standard InChI is InChI=1S/C19H15ClF2N2O2/c1-10(12-7-8-15(21)16(22)9-12)23-19(25)17-11(2)26-24-18(17)13-5-3-4-6-14(13)20/h3-10H,1-2H3,(H,23,25). The minimum Gasteiger partial charge on any atom is -0.360 e. The molecule has 1 aromatic heterocycles. The molecule has 1 atom stereocenters. The predicted octanol–water partition coefficient (Wildman–Crippen LogP) is 5.07. The van der Waals surface area contributed by atoms with Crippen LogP contribution < -0.4 is 5.32 Å². The van der Waals surface area contributed by atoms with E-state index in [0.717, 1.165) is 12.1 Å². The van der Waals surface area contributed by atoms with E-state index in [4.69, 9.17) is 16.1 Å². The van der Waals surface area contributed by atoms with Gasteiger partial charge in [0.15, 0.2) is 11.6 Å². The van der Waals surface area contributed by atoms with Crippen molar-refractivity contribution in [2.45, 2.75) is 19.9 Å². The first kappa shape index (κ1) is 18.1. The molecule has 0 radical (unpaired) electrons. The first-order valence-electron chi connectivity index (χ1n) is 7.85. The third-order valence-electron chi connectivity index (χ3n) is 4.01. The molecular weight excluding hydrogens is 362 g/mol. The van der Waals surface area contributed by atoms with Crippen LogP contribution in [0.3, 0.4) is 0 Å². The Morgan fingerprint density at radius 2 is 1.92 bits per heavy atom. The van der Waals surface area contributed by atoms with Crippen LogP contribution in [0.5, 0.6) is 0 Å². The van der Waals surface area contributed by atoms with Gasteiger partial charge in [0.25, 0.3) is 5.91 Å². The van der Waals surface area contributed by atoms with Crippen LogP contribution in [0, 0.1) is 18.6 Å². The first-order chi connectivity index (χ1) is 12.4. The number of nitrogens with zero attached hydrogens (tertiary/aromatic N) is 1. The van der Waals surface area contributed by atoms with Gasteiger partial charge in [-0.2, -0.15) is 0 Å². The fourth-order valence-corrected chi connectivity index (χ4v) is 2.84. The second-order valence-corrected chi connectivity index (χ2v) is 6.22. The lowest BCUT2D eigenvalue weighted by molar-refractivity contribution is 0.0939. The van der Waals surface area contributed by atoms with Crippen molar-refractivity contribution in [2.75, 3.05) is 0 Å². The fourth-order valence-electron chi connectivity index (χ4n) is 2.61. The molecule has 0 aliphatic rings. The number of rotatable bonds is 4. The number of hydrogen-bond donors (Lipinski definition) is 1. The van der Waals surface area contributed by atoms with Crippen molar-refractivity contribution in [3.8, 4) is 11.3 Å². The van der Waals surface area contributed by atoms with Crippen LogP contribution in [-0.4, -0.2) is 11.1 Å². The molecule has 0 fully saturated rings. The quantitative estimate of drug-likeness (QED) is 0.691.